The van der Waals surface area contributed by atoms with Gasteiger partial charge in [-0.15, -0.1) is 13.2 Å². The van der Waals surface area contributed by atoms with Crippen molar-refractivity contribution in [2.45, 2.75) is 24.8 Å². The van der Waals surface area contributed by atoms with Crippen molar-refractivity contribution >= 4 is 36.5 Å². The molecule has 1 saturated heterocycles. The van der Waals surface area contributed by atoms with E-state index in [2.05, 4.69) is 14.8 Å². The molecule has 0 bridgehead atoms. The Bertz CT molecular complexity index is 1600. The SMILES string of the molecule is CN(C)c1ccccc1C1(O)CCN(C(=O)c2ccc(NP(C)Oc3cccc4cccnc34)cc2OC(F)(F)F)CC1. The maximum atomic E-state index is 13.5. The Balaban J connectivity index is 1.32. The molecule has 0 radical (unpaired) electrons. The van der Waals surface area contributed by atoms with Crippen LogP contribution in [0, 0.1) is 0 Å². The maximum Gasteiger partial charge on any atom is 0.573 e. The highest BCUT2D eigenvalue weighted by Crippen LogP contribution is 2.41. The number of ether oxygens (including phenoxy) is 1. The Kier molecular flexibility index (Phi) is 8.66. The molecular weight excluding hydrogens is 580 g/mol. The highest BCUT2D eigenvalue weighted by Gasteiger charge is 2.39. The minimum absolute atomic E-state index is 0.162. The van der Waals surface area contributed by atoms with E-state index >= 15 is 0 Å². The van der Waals surface area contributed by atoms with Gasteiger partial charge in [-0.1, -0.05) is 36.4 Å². The number of hydrogen-bond donors (Lipinski definition) is 2. The van der Waals surface area contributed by atoms with Gasteiger partial charge in [0.2, 0.25) is 0 Å². The van der Waals surface area contributed by atoms with Crippen LogP contribution in [0.25, 0.3) is 10.9 Å². The van der Waals surface area contributed by atoms with E-state index in [1.54, 1.807) is 18.9 Å². The van der Waals surface area contributed by atoms with E-state index in [-0.39, 0.29) is 31.5 Å². The predicted molar refractivity (Wildman–Crippen MR) is 162 cm³/mol. The number of piperidine rings is 1. The van der Waals surface area contributed by atoms with E-state index in [9.17, 15) is 23.1 Å². The third-order valence-corrected chi connectivity index (χ3v) is 8.36. The normalized spacial score (nSPS) is 15.6. The van der Waals surface area contributed by atoms with Crippen LogP contribution in [0.5, 0.6) is 11.5 Å². The van der Waals surface area contributed by atoms with Crippen LogP contribution in [0.4, 0.5) is 24.5 Å². The van der Waals surface area contributed by atoms with Gasteiger partial charge in [0, 0.05) is 68.4 Å². The number of hydrogen-bond acceptors (Lipinski definition) is 7. The molecule has 1 aliphatic heterocycles. The fourth-order valence-corrected chi connectivity index (χ4v) is 6.25. The Morgan fingerprint density at radius 1 is 1.02 bits per heavy atom. The standard InChI is InChI=1S/C31H32F3N4O4P/c1-37(2)25-11-5-4-10-24(25)30(40)15-18-38(19-16-30)29(39)23-14-13-22(20-27(23)41-31(32,33)34)36-43(3)42-26-12-6-8-21-9-7-17-35-28(21)26/h4-14,17,20,36,40H,15-16,18-19H2,1-3H3. The number of halogens is 3. The molecule has 1 unspecified atom stereocenters. The van der Waals surface area contributed by atoms with Gasteiger partial charge >= 0.3 is 6.36 Å². The molecule has 2 N–H and O–H groups in total. The number of carbonyl (C=O) groups is 1. The number of fused-ring (bicyclic) bond motifs is 1. The van der Waals surface area contributed by atoms with Crippen molar-refractivity contribution in [3.05, 3.63) is 90.1 Å². The maximum absolute atomic E-state index is 13.5. The summed E-state index contributed by atoms with van der Waals surface area (Å²) >= 11 is 0. The summed E-state index contributed by atoms with van der Waals surface area (Å²) in [6, 6.07) is 20.7. The van der Waals surface area contributed by atoms with Gasteiger partial charge < -0.3 is 29.3 Å². The van der Waals surface area contributed by atoms with Crippen LogP contribution in [0.15, 0.2) is 79.0 Å². The molecule has 226 valence electrons. The van der Waals surface area contributed by atoms with Crippen molar-refractivity contribution < 1.29 is 32.3 Å². The van der Waals surface area contributed by atoms with Gasteiger partial charge in [-0.3, -0.25) is 9.78 Å². The largest absolute Gasteiger partial charge is 0.573 e. The van der Waals surface area contributed by atoms with Crippen LogP contribution in [0.2, 0.25) is 0 Å². The number of nitrogens with one attached hydrogen (secondary N) is 1. The van der Waals surface area contributed by atoms with E-state index in [1.165, 1.54) is 17.0 Å². The summed E-state index contributed by atoms with van der Waals surface area (Å²) in [5.74, 6) is -0.682. The van der Waals surface area contributed by atoms with E-state index in [0.717, 1.165) is 22.7 Å². The van der Waals surface area contributed by atoms with Gasteiger partial charge in [-0.2, -0.15) is 0 Å². The van der Waals surface area contributed by atoms with Crippen molar-refractivity contribution in [1.29, 1.82) is 0 Å². The zero-order chi connectivity index (χ0) is 30.8. The highest BCUT2D eigenvalue weighted by atomic mass is 31.2. The molecule has 1 aliphatic rings. The van der Waals surface area contributed by atoms with Crippen molar-refractivity contribution in [1.82, 2.24) is 9.88 Å². The molecule has 8 nitrogen and oxygen atoms in total. The molecule has 3 aromatic carbocycles. The number of aromatic nitrogens is 1. The fraction of sp³-hybridized carbons (Fsp3) is 0.290. The van der Waals surface area contributed by atoms with Crippen LogP contribution in [-0.4, -0.2) is 61.1 Å². The molecule has 0 aliphatic carbocycles. The van der Waals surface area contributed by atoms with Crippen LogP contribution < -0.4 is 19.2 Å². The number of nitrogens with zero attached hydrogens (tertiary/aromatic N) is 3. The molecular formula is C31H32F3N4O4P. The quantitative estimate of drug-likeness (QED) is 0.213. The first kappa shape index (κ1) is 30.4. The number of benzene rings is 3. The van der Waals surface area contributed by atoms with E-state index in [0.29, 0.717) is 17.0 Å². The topological polar surface area (TPSA) is 87.2 Å². The van der Waals surface area contributed by atoms with Crippen LogP contribution in [0.3, 0.4) is 0 Å². The summed E-state index contributed by atoms with van der Waals surface area (Å²) in [7, 11) is 2.39. The Labute approximate surface area is 248 Å². The van der Waals surface area contributed by atoms with Gasteiger partial charge in [0.25, 0.3) is 5.91 Å². The zero-order valence-electron chi connectivity index (χ0n) is 23.9. The summed E-state index contributed by atoms with van der Waals surface area (Å²) in [6.07, 6.45) is -2.88. The van der Waals surface area contributed by atoms with E-state index < -0.39 is 31.9 Å². The first-order valence-electron chi connectivity index (χ1n) is 13.6. The van der Waals surface area contributed by atoms with Gasteiger partial charge in [0.05, 0.1) is 11.2 Å². The Hall–Kier alpha value is -4.08. The Morgan fingerprint density at radius 2 is 1.74 bits per heavy atom. The molecule has 0 saturated carbocycles. The minimum atomic E-state index is -5.01. The molecule has 1 fully saturated rings. The second-order valence-corrected chi connectivity index (χ2v) is 11.9. The lowest BCUT2D eigenvalue weighted by Crippen LogP contribution is -2.45. The lowest BCUT2D eigenvalue weighted by atomic mass is 9.83. The average molecular weight is 613 g/mol. The van der Waals surface area contributed by atoms with Gasteiger partial charge in [0.15, 0.2) is 14.0 Å². The van der Waals surface area contributed by atoms with Gasteiger partial charge in [0.1, 0.15) is 11.3 Å². The molecule has 2 heterocycles. The van der Waals surface area contributed by atoms with Crippen molar-refractivity contribution in [3.8, 4) is 11.5 Å². The lowest BCUT2D eigenvalue weighted by molar-refractivity contribution is -0.274. The van der Waals surface area contributed by atoms with Crippen LogP contribution >= 0.6 is 8.30 Å². The lowest BCUT2D eigenvalue weighted by Gasteiger charge is -2.40. The summed E-state index contributed by atoms with van der Waals surface area (Å²) in [5.41, 5.74) is 1.19. The first-order valence-corrected chi connectivity index (χ1v) is 15.3. The fourth-order valence-electron chi connectivity index (χ4n) is 5.26. The predicted octanol–water partition coefficient (Wildman–Crippen LogP) is 6.76. The molecule has 4 aromatic rings. The van der Waals surface area contributed by atoms with Crippen molar-refractivity contribution in [2.24, 2.45) is 0 Å². The van der Waals surface area contributed by atoms with Gasteiger partial charge in [-0.25, -0.2) is 0 Å². The van der Waals surface area contributed by atoms with Crippen LogP contribution in [-0.2, 0) is 5.60 Å². The average Bonchev–Trinajstić information content (AvgIpc) is 2.97. The number of aliphatic hydroxyl groups is 1. The number of amides is 1. The van der Waals surface area contributed by atoms with Crippen LogP contribution in [0.1, 0.15) is 28.8 Å². The number of rotatable bonds is 8. The molecule has 0 spiro atoms. The molecule has 1 amide bonds. The molecule has 1 aromatic heterocycles. The second kappa shape index (κ2) is 12.3. The molecule has 1 atom stereocenters. The third kappa shape index (κ3) is 6.95. The van der Waals surface area contributed by atoms with Crippen molar-refractivity contribution in [3.63, 3.8) is 0 Å². The summed E-state index contributed by atoms with van der Waals surface area (Å²) in [6.45, 7) is 2.09. The number of anilines is 2. The number of likely N-dealkylation sites (tertiary alicyclic amines) is 1. The third-order valence-electron chi connectivity index (χ3n) is 7.32. The number of para-hydroxylation sites is 2. The van der Waals surface area contributed by atoms with Crippen molar-refractivity contribution in [2.75, 3.05) is 43.8 Å². The molecule has 43 heavy (non-hydrogen) atoms. The summed E-state index contributed by atoms with van der Waals surface area (Å²) in [4.78, 5) is 21.2. The van der Waals surface area contributed by atoms with E-state index in [1.807, 2.05) is 67.5 Å². The van der Waals surface area contributed by atoms with Gasteiger partial charge in [-0.05, 0) is 43.2 Å². The monoisotopic (exact) mass is 612 g/mol. The Morgan fingerprint density at radius 3 is 2.47 bits per heavy atom. The first-order chi connectivity index (χ1) is 20.4. The summed E-state index contributed by atoms with van der Waals surface area (Å²) in [5, 5.41) is 15.4. The highest BCUT2D eigenvalue weighted by molar-refractivity contribution is 7.53. The molecule has 12 heteroatoms. The summed E-state index contributed by atoms with van der Waals surface area (Å²) < 4.78 is 50.6. The second-order valence-electron chi connectivity index (χ2n) is 10.5. The smallest absolute Gasteiger partial charge is 0.451 e. The van der Waals surface area contributed by atoms with E-state index in [4.69, 9.17) is 4.52 Å². The number of carbonyl (C=O) groups excluding carboxylic acids is 1. The minimum Gasteiger partial charge on any atom is -0.451 e. The zero-order valence-corrected chi connectivity index (χ0v) is 24.8. The number of pyridine rings is 1. The number of alkyl halides is 3. The molecule has 5 rings (SSSR count).